The van der Waals surface area contributed by atoms with Gasteiger partial charge < -0.3 is 5.73 Å². The normalized spacial score (nSPS) is 10.2. The minimum absolute atomic E-state index is 0.213. The fourth-order valence-corrected chi connectivity index (χ4v) is 1.93. The van der Waals surface area contributed by atoms with Crippen LogP contribution in [0, 0.1) is 13.0 Å². The maximum absolute atomic E-state index is 12.7. The Balaban J connectivity index is 3.24. The van der Waals surface area contributed by atoms with Crippen molar-refractivity contribution in [3.8, 4) is 0 Å². The predicted molar refractivity (Wildman–Crippen MR) is 59.7 cm³/mol. The van der Waals surface area contributed by atoms with E-state index in [1.165, 1.54) is 12.1 Å². The summed E-state index contributed by atoms with van der Waals surface area (Å²) in [7, 11) is 0. The topological polar surface area (TPSA) is 26.0 Å². The zero-order valence-corrected chi connectivity index (χ0v) is 9.89. The van der Waals surface area contributed by atoms with Crippen molar-refractivity contribution in [1.29, 1.82) is 0 Å². The van der Waals surface area contributed by atoms with Gasteiger partial charge in [0.15, 0.2) is 0 Å². The van der Waals surface area contributed by atoms with Crippen molar-refractivity contribution in [3.05, 3.63) is 30.7 Å². The zero-order valence-electron chi connectivity index (χ0n) is 5.57. The van der Waals surface area contributed by atoms with Crippen LogP contribution >= 0.6 is 45.2 Å². The van der Waals surface area contributed by atoms with Gasteiger partial charge in [0.05, 0.1) is 0 Å². The molecule has 0 saturated heterocycles. The first-order valence-electron chi connectivity index (χ1n) is 2.98. The first-order valence-corrected chi connectivity index (χ1v) is 5.14. The molecule has 0 saturated carbocycles. The van der Waals surface area contributed by atoms with E-state index >= 15 is 0 Å². The molecule has 0 heterocycles. The van der Waals surface area contributed by atoms with Gasteiger partial charge in [-0.15, -0.1) is 0 Å². The molecule has 0 atom stereocenters. The molecule has 11 heavy (non-hydrogen) atoms. The Morgan fingerprint density at radius 3 is 2.55 bits per heavy atom. The highest BCUT2D eigenvalue weighted by atomic mass is 127. The lowest BCUT2D eigenvalue weighted by Gasteiger charge is -2.02. The lowest BCUT2D eigenvalue weighted by molar-refractivity contribution is 0.624. The fraction of sp³-hybridized carbons (Fsp3) is 0.143. The molecule has 0 aliphatic carbocycles. The SMILES string of the molecule is NCc1cc(F)cc(I)c1I. The van der Waals surface area contributed by atoms with E-state index < -0.39 is 0 Å². The van der Waals surface area contributed by atoms with Gasteiger partial charge in [-0.25, -0.2) is 4.39 Å². The summed E-state index contributed by atoms with van der Waals surface area (Å²) >= 11 is 4.26. The minimum atomic E-state index is -0.213. The molecule has 0 aliphatic heterocycles. The molecule has 60 valence electrons. The lowest BCUT2D eigenvalue weighted by Crippen LogP contribution is -2.01. The third-order valence-corrected chi connectivity index (χ3v) is 4.44. The first-order chi connectivity index (χ1) is 5.15. The van der Waals surface area contributed by atoms with Gasteiger partial charge in [-0.3, -0.25) is 0 Å². The van der Waals surface area contributed by atoms with Crippen molar-refractivity contribution in [1.82, 2.24) is 0 Å². The molecule has 0 aromatic heterocycles. The Hall–Kier alpha value is 0.570. The molecule has 0 spiro atoms. The van der Waals surface area contributed by atoms with Gasteiger partial charge in [-0.1, -0.05) is 0 Å². The second kappa shape index (κ2) is 3.99. The van der Waals surface area contributed by atoms with Crippen molar-refractivity contribution in [2.24, 2.45) is 5.73 Å². The maximum atomic E-state index is 12.7. The Morgan fingerprint density at radius 1 is 1.36 bits per heavy atom. The Bertz CT molecular complexity index is 275. The highest BCUT2D eigenvalue weighted by Gasteiger charge is 2.04. The summed E-state index contributed by atoms with van der Waals surface area (Å²) in [5, 5.41) is 0. The van der Waals surface area contributed by atoms with E-state index in [4.69, 9.17) is 5.73 Å². The van der Waals surface area contributed by atoms with E-state index in [0.717, 1.165) is 12.7 Å². The molecule has 4 heteroatoms. The second-order valence-corrected chi connectivity index (χ2v) is 4.31. The fourth-order valence-electron chi connectivity index (χ4n) is 0.758. The molecule has 0 aliphatic rings. The van der Waals surface area contributed by atoms with E-state index in [-0.39, 0.29) is 5.82 Å². The van der Waals surface area contributed by atoms with Crippen molar-refractivity contribution in [2.75, 3.05) is 0 Å². The van der Waals surface area contributed by atoms with Crippen molar-refractivity contribution in [2.45, 2.75) is 6.54 Å². The van der Waals surface area contributed by atoms with E-state index in [1.54, 1.807) is 0 Å². The maximum Gasteiger partial charge on any atom is 0.124 e. The Kier molecular flexibility index (Phi) is 3.51. The van der Waals surface area contributed by atoms with Crippen LogP contribution in [-0.4, -0.2) is 0 Å². The third-order valence-electron chi connectivity index (χ3n) is 1.29. The highest BCUT2D eigenvalue weighted by Crippen LogP contribution is 2.20. The quantitative estimate of drug-likeness (QED) is 0.591. The van der Waals surface area contributed by atoms with Crippen LogP contribution in [0.15, 0.2) is 12.1 Å². The summed E-state index contributed by atoms with van der Waals surface area (Å²) in [6.45, 7) is 0.395. The van der Waals surface area contributed by atoms with Gasteiger partial charge in [0.2, 0.25) is 0 Å². The molecule has 0 amide bonds. The summed E-state index contributed by atoms with van der Waals surface area (Å²) < 4.78 is 14.7. The zero-order chi connectivity index (χ0) is 8.43. The molecule has 1 aromatic rings. The summed E-state index contributed by atoms with van der Waals surface area (Å²) in [6.07, 6.45) is 0. The van der Waals surface area contributed by atoms with E-state index in [1.807, 2.05) is 0 Å². The largest absolute Gasteiger partial charge is 0.326 e. The van der Waals surface area contributed by atoms with E-state index in [2.05, 4.69) is 45.2 Å². The molecule has 1 aromatic carbocycles. The molecular weight excluding hydrogens is 371 g/mol. The van der Waals surface area contributed by atoms with Crippen LogP contribution in [0.2, 0.25) is 0 Å². The van der Waals surface area contributed by atoms with Crippen LogP contribution in [0.5, 0.6) is 0 Å². The van der Waals surface area contributed by atoms with Crippen LogP contribution in [0.4, 0.5) is 4.39 Å². The standard InChI is InChI=1S/C7H6FI2N/c8-5-1-4(3-11)7(10)6(9)2-5/h1-2H,3,11H2. The van der Waals surface area contributed by atoms with Crippen molar-refractivity contribution >= 4 is 45.2 Å². The predicted octanol–water partition coefficient (Wildman–Crippen LogP) is 2.49. The van der Waals surface area contributed by atoms with Gasteiger partial charge in [-0.05, 0) is 62.9 Å². The molecule has 0 bridgehead atoms. The summed E-state index contributed by atoms with van der Waals surface area (Å²) in [5.74, 6) is -0.213. The van der Waals surface area contributed by atoms with Crippen LogP contribution in [0.25, 0.3) is 0 Å². The number of hydrogen-bond donors (Lipinski definition) is 1. The number of nitrogens with two attached hydrogens (primary N) is 1. The average Bonchev–Trinajstić information content (AvgIpc) is 1.96. The van der Waals surface area contributed by atoms with Crippen LogP contribution < -0.4 is 5.73 Å². The summed E-state index contributed by atoms with van der Waals surface area (Å²) in [4.78, 5) is 0. The van der Waals surface area contributed by atoms with Crippen molar-refractivity contribution in [3.63, 3.8) is 0 Å². The molecule has 0 unspecified atom stereocenters. The molecular formula is C7H6FI2N. The molecule has 2 N–H and O–H groups in total. The number of rotatable bonds is 1. The van der Waals surface area contributed by atoms with Crippen LogP contribution in [0.1, 0.15) is 5.56 Å². The number of halogens is 3. The molecule has 1 rings (SSSR count). The molecule has 0 fully saturated rings. The van der Waals surface area contributed by atoms with Crippen LogP contribution in [0.3, 0.4) is 0 Å². The lowest BCUT2D eigenvalue weighted by atomic mass is 10.2. The van der Waals surface area contributed by atoms with E-state index in [0.29, 0.717) is 6.54 Å². The number of hydrogen-bond acceptors (Lipinski definition) is 1. The Labute approximate surface area is 91.8 Å². The van der Waals surface area contributed by atoms with Gasteiger partial charge in [0.25, 0.3) is 0 Å². The minimum Gasteiger partial charge on any atom is -0.326 e. The van der Waals surface area contributed by atoms with Gasteiger partial charge in [0, 0.05) is 13.7 Å². The molecule has 0 radical (unpaired) electrons. The smallest absolute Gasteiger partial charge is 0.124 e. The average molecular weight is 377 g/mol. The highest BCUT2D eigenvalue weighted by molar-refractivity contribution is 14.1. The van der Waals surface area contributed by atoms with Gasteiger partial charge in [0.1, 0.15) is 5.82 Å². The summed E-state index contributed by atoms with van der Waals surface area (Å²) in [5.41, 5.74) is 6.28. The Morgan fingerprint density at radius 2 is 2.00 bits per heavy atom. The first kappa shape index (κ1) is 9.66. The monoisotopic (exact) mass is 377 g/mol. The molecule has 1 nitrogen and oxygen atoms in total. The second-order valence-electron chi connectivity index (χ2n) is 2.06. The number of benzene rings is 1. The van der Waals surface area contributed by atoms with Gasteiger partial charge >= 0.3 is 0 Å². The van der Waals surface area contributed by atoms with Crippen LogP contribution in [-0.2, 0) is 6.54 Å². The third kappa shape index (κ3) is 2.25. The van der Waals surface area contributed by atoms with Crippen molar-refractivity contribution < 1.29 is 4.39 Å². The van der Waals surface area contributed by atoms with E-state index in [9.17, 15) is 4.39 Å². The summed E-state index contributed by atoms with van der Waals surface area (Å²) in [6, 6.07) is 2.98. The van der Waals surface area contributed by atoms with Gasteiger partial charge in [-0.2, -0.15) is 0 Å².